The molecule has 2 aliphatic heterocycles. The molecule has 0 aromatic rings. The first kappa shape index (κ1) is 14.8. The molecule has 0 aromatic carbocycles. The first-order valence-corrected chi connectivity index (χ1v) is 5.88. The lowest BCUT2D eigenvalue weighted by molar-refractivity contribution is 0.0968. The third kappa shape index (κ3) is 10.1. The fourth-order valence-electron chi connectivity index (χ4n) is 1.53. The average Bonchev–Trinajstić information content (AvgIpc) is 2.36. The van der Waals surface area contributed by atoms with Crippen LogP contribution in [-0.4, -0.2) is 44.6 Å². The van der Waals surface area contributed by atoms with Crippen LogP contribution >= 0.6 is 0 Å². The van der Waals surface area contributed by atoms with Gasteiger partial charge in [-0.2, -0.15) is 0 Å². The molecule has 2 fully saturated rings. The van der Waals surface area contributed by atoms with Gasteiger partial charge in [-0.3, -0.25) is 0 Å². The second kappa shape index (κ2) is 11.9. The summed E-state index contributed by atoms with van der Waals surface area (Å²) in [4.78, 5) is 0. The van der Waals surface area contributed by atoms with Gasteiger partial charge in [-0.25, -0.2) is 0 Å². The molecule has 4 heteroatoms. The molecular weight excluding hydrogens is 192 g/mol. The highest BCUT2D eigenvalue weighted by Crippen LogP contribution is 2.02. The summed E-state index contributed by atoms with van der Waals surface area (Å²) in [5.41, 5.74) is 5.59. The summed E-state index contributed by atoms with van der Waals surface area (Å²) in [5, 5.41) is 10.2. The molecule has 0 unspecified atom stereocenters. The average molecular weight is 218 g/mol. The maximum absolute atomic E-state index is 7.00. The second-order valence-corrected chi connectivity index (χ2v) is 3.76. The quantitative estimate of drug-likeness (QED) is 0.553. The van der Waals surface area contributed by atoms with Gasteiger partial charge in [0.1, 0.15) is 0 Å². The first-order valence-electron chi connectivity index (χ1n) is 5.88. The maximum atomic E-state index is 7.00. The summed E-state index contributed by atoms with van der Waals surface area (Å²) < 4.78 is 5.07. The van der Waals surface area contributed by atoms with Gasteiger partial charge in [-0.15, -0.1) is 0 Å². The van der Waals surface area contributed by atoms with Crippen LogP contribution in [0.5, 0.6) is 0 Å². The molecule has 0 aromatic heterocycles. The van der Waals surface area contributed by atoms with Crippen LogP contribution in [0.2, 0.25) is 0 Å². The molecule has 0 saturated carbocycles. The third-order valence-corrected chi connectivity index (χ3v) is 2.46. The van der Waals surface area contributed by atoms with Crippen LogP contribution in [0.25, 0.3) is 0 Å². The smallest absolute Gasteiger partial charge is 0.0466 e. The number of aliphatic hydroxyl groups is 1. The predicted octanol–water partition coefficient (Wildman–Crippen LogP) is 0.493. The van der Waals surface area contributed by atoms with Crippen molar-refractivity contribution >= 4 is 0 Å². The van der Waals surface area contributed by atoms with Gasteiger partial charge in [-0.1, -0.05) is 0 Å². The van der Waals surface area contributed by atoms with Crippen LogP contribution in [-0.2, 0) is 4.74 Å². The molecule has 2 saturated heterocycles. The highest BCUT2D eigenvalue weighted by Gasteiger charge is 2.05. The zero-order valence-corrected chi connectivity index (χ0v) is 9.87. The fraction of sp³-hybridized carbons (Fsp3) is 1.00. The Bertz CT molecular complexity index is 102. The van der Waals surface area contributed by atoms with Gasteiger partial charge in [-0.05, 0) is 45.2 Å². The van der Waals surface area contributed by atoms with Crippen molar-refractivity contribution in [1.82, 2.24) is 5.32 Å². The minimum absolute atomic E-state index is 0.473. The molecule has 2 heterocycles. The molecule has 0 spiro atoms. The largest absolute Gasteiger partial charge is 0.400 e. The summed E-state index contributed by atoms with van der Waals surface area (Å²) in [6.45, 7) is 4.22. The van der Waals surface area contributed by atoms with Crippen LogP contribution in [0.1, 0.15) is 32.1 Å². The lowest BCUT2D eigenvalue weighted by atomic mass is 10.1. The predicted molar refractivity (Wildman–Crippen MR) is 62.9 cm³/mol. The maximum Gasteiger partial charge on any atom is 0.0466 e. The molecular formula is C11H26N2O2. The van der Waals surface area contributed by atoms with E-state index in [0.717, 1.165) is 46.3 Å². The van der Waals surface area contributed by atoms with Crippen molar-refractivity contribution in [3.8, 4) is 0 Å². The third-order valence-electron chi connectivity index (χ3n) is 2.46. The Hall–Kier alpha value is -0.160. The molecule has 4 nitrogen and oxygen atoms in total. The minimum atomic E-state index is 0.473. The highest BCUT2D eigenvalue weighted by atomic mass is 16.5. The van der Waals surface area contributed by atoms with Crippen molar-refractivity contribution in [2.45, 2.75) is 38.1 Å². The van der Waals surface area contributed by atoms with Gasteiger partial charge >= 0.3 is 0 Å². The van der Waals surface area contributed by atoms with Gasteiger partial charge in [0.25, 0.3) is 0 Å². The summed E-state index contributed by atoms with van der Waals surface area (Å²) in [7, 11) is 1.00. The Morgan fingerprint density at radius 2 is 1.60 bits per heavy atom. The van der Waals surface area contributed by atoms with Crippen LogP contribution < -0.4 is 11.1 Å². The number of piperidine rings is 1. The van der Waals surface area contributed by atoms with Crippen molar-refractivity contribution in [3.05, 3.63) is 0 Å². The Morgan fingerprint density at radius 1 is 1.07 bits per heavy atom. The lowest BCUT2D eigenvalue weighted by Gasteiger charge is -2.17. The Kier molecular flexibility index (Phi) is 11.8. The van der Waals surface area contributed by atoms with Gasteiger partial charge in [0.15, 0.2) is 0 Å². The van der Waals surface area contributed by atoms with E-state index < -0.39 is 0 Å². The fourth-order valence-corrected chi connectivity index (χ4v) is 1.53. The lowest BCUT2D eigenvalue weighted by Crippen LogP contribution is -2.35. The highest BCUT2D eigenvalue weighted by molar-refractivity contribution is 4.69. The van der Waals surface area contributed by atoms with E-state index >= 15 is 0 Å². The van der Waals surface area contributed by atoms with Crippen LogP contribution in [0.4, 0.5) is 0 Å². The summed E-state index contributed by atoms with van der Waals surface area (Å²) in [5.74, 6) is 0. The van der Waals surface area contributed by atoms with Gasteiger partial charge in [0, 0.05) is 26.4 Å². The van der Waals surface area contributed by atoms with Gasteiger partial charge in [0.05, 0.1) is 0 Å². The second-order valence-electron chi connectivity index (χ2n) is 3.76. The zero-order chi connectivity index (χ0) is 11.4. The normalized spacial score (nSPS) is 21.8. The topological polar surface area (TPSA) is 67.5 Å². The molecule has 2 rings (SSSR count). The number of ether oxygens (including phenoxy) is 1. The number of nitrogens with two attached hydrogens (primary N) is 1. The van der Waals surface area contributed by atoms with E-state index in [0.29, 0.717) is 6.04 Å². The van der Waals surface area contributed by atoms with E-state index in [1.54, 1.807) is 0 Å². The molecule has 0 atom stereocenters. The molecule has 2 aliphatic rings. The molecule has 0 bridgehead atoms. The van der Waals surface area contributed by atoms with Crippen molar-refractivity contribution in [2.24, 2.45) is 5.73 Å². The van der Waals surface area contributed by atoms with Gasteiger partial charge < -0.3 is 20.9 Å². The number of rotatable bonds is 0. The molecule has 0 amide bonds. The Balaban J connectivity index is 0.000000227. The number of hydrogen-bond acceptors (Lipinski definition) is 4. The zero-order valence-electron chi connectivity index (χ0n) is 9.87. The monoisotopic (exact) mass is 218 g/mol. The van der Waals surface area contributed by atoms with Crippen LogP contribution in [0.15, 0.2) is 0 Å². The van der Waals surface area contributed by atoms with E-state index in [1.807, 2.05) is 0 Å². The summed E-state index contributed by atoms with van der Waals surface area (Å²) >= 11 is 0. The molecule has 92 valence electrons. The van der Waals surface area contributed by atoms with E-state index in [1.165, 1.54) is 19.3 Å². The SMILES string of the molecule is C1CCOCC1.CO.NC1CCNCC1. The van der Waals surface area contributed by atoms with Gasteiger partial charge in [0.2, 0.25) is 0 Å². The van der Waals surface area contributed by atoms with E-state index in [-0.39, 0.29) is 0 Å². The number of aliphatic hydroxyl groups excluding tert-OH is 1. The van der Waals surface area contributed by atoms with Crippen molar-refractivity contribution < 1.29 is 9.84 Å². The number of nitrogens with one attached hydrogen (secondary N) is 1. The first-order chi connectivity index (χ1) is 7.39. The van der Waals surface area contributed by atoms with Crippen molar-refractivity contribution in [2.75, 3.05) is 33.4 Å². The van der Waals surface area contributed by atoms with Crippen LogP contribution in [0, 0.1) is 0 Å². The van der Waals surface area contributed by atoms with E-state index in [2.05, 4.69) is 5.32 Å². The minimum Gasteiger partial charge on any atom is -0.400 e. The summed E-state index contributed by atoms with van der Waals surface area (Å²) in [6.07, 6.45) is 6.24. The molecule has 4 N–H and O–H groups in total. The van der Waals surface area contributed by atoms with Crippen molar-refractivity contribution in [3.63, 3.8) is 0 Å². The van der Waals surface area contributed by atoms with E-state index in [4.69, 9.17) is 15.6 Å². The Morgan fingerprint density at radius 3 is 1.80 bits per heavy atom. The standard InChI is InChI=1S/C5H12N2.C5H10O.CH4O/c6-5-1-3-7-4-2-5;1-2-4-6-5-3-1;1-2/h5,7H,1-4,6H2;1-5H2;2H,1H3. The Labute approximate surface area is 93.2 Å². The molecule has 15 heavy (non-hydrogen) atoms. The summed E-state index contributed by atoms with van der Waals surface area (Å²) in [6, 6.07) is 0.473. The molecule has 0 aliphatic carbocycles. The van der Waals surface area contributed by atoms with Crippen molar-refractivity contribution in [1.29, 1.82) is 0 Å². The molecule has 0 radical (unpaired) electrons. The van der Waals surface area contributed by atoms with Crippen LogP contribution in [0.3, 0.4) is 0 Å². The number of hydrogen-bond donors (Lipinski definition) is 3. The van der Waals surface area contributed by atoms with E-state index in [9.17, 15) is 0 Å².